The summed E-state index contributed by atoms with van der Waals surface area (Å²) in [4.78, 5) is 45.9. The molecule has 0 bridgehead atoms. The molecule has 9 nitrogen and oxygen atoms in total. The summed E-state index contributed by atoms with van der Waals surface area (Å²) in [7, 11) is 0. The van der Waals surface area contributed by atoms with Crippen LogP contribution in [0.5, 0.6) is 0 Å². The van der Waals surface area contributed by atoms with Crippen molar-refractivity contribution in [3.8, 4) is 0 Å². The van der Waals surface area contributed by atoms with Crippen molar-refractivity contribution in [2.24, 2.45) is 0 Å². The SMILES string of the molecule is CCC(=O)OCC(O)CCCCCCCCOC(=O)CCCCCCCC(COC(=O)CC)OC(=O)CC. The summed E-state index contributed by atoms with van der Waals surface area (Å²) in [6, 6.07) is 0. The van der Waals surface area contributed by atoms with Gasteiger partial charge in [0.25, 0.3) is 0 Å². The molecule has 0 rings (SSSR count). The van der Waals surface area contributed by atoms with Crippen LogP contribution in [0.2, 0.25) is 0 Å². The van der Waals surface area contributed by atoms with E-state index in [9.17, 15) is 24.3 Å². The van der Waals surface area contributed by atoms with Crippen LogP contribution in [-0.4, -0.2) is 61.0 Å². The molecule has 9 heteroatoms. The van der Waals surface area contributed by atoms with Crippen LogP contribution in [0.4, 0.5) is 0 Å². The van der Waals surface area contributed by atoms with Gasteiger partial charge in [0.1, 0.15) is 19.3 Å². The Morgan fingerprint density at radius 3 is 1.66 bits per heavy atom. The molecule has 0 saturated carbocycles. The highest BCUT2D eigenvalue weighted by atomic mass is 16.6. The molecule has 0 aromatic carbocycles. The Bertz CT molecular complexity index is 636. The number of hydrogen-bond donors (Lipinski definition) is 1. The third-order valence-corrected chi connectivity index (χ3v) is 6.13. The summed E-state index contributed by atoms with van der Waals surface area (Å²) >= 11 is 0. The third-order valence-electron chi connectivity index (χ3n) is 6.13. The Labute approximate surface area is 229 Å². The Hall–Kier alpha value is -2.16. The number of aliphatic hydroxyl groups excluding tert-OH is 1. The van der Waals surface area contributed by atoms with E-state index in [2.05, 4.69) is 0 Å². The lowest BCUT2D eigenvalue weighted by Gasteiger charge is -2.17. The van der Waals surface area contributed by atoms with Gasteiger partial charge < -0.3 is 24.1 Å². The molecule has 0 aliphatic carbocycles. The highest BCUT2D eigenvalue weighted by Gasteiger charge is 2.15. The van der Waals surface area contributed by atoms with E-state index in [0.717, 1.165) is 70.6 Å². The van der Waals surface area contributed by atoms with Crippen LogP contribution in [0, 0.1) is 0 Å². The highest BCUT2D eigenvalue weighted by Crippen LogP contribution is 2.13. The summed E-state index contributed by atoms with van der Waals surface area (Å²) in [5.74, 6) is -1.02. The Balaban J connectivity index is 3.62. The van der Waals surface area contributed by atoms with Gasteiger partial charge in [-0.3, -0.25) is 19.2 Å². The number of esters is 4. The largest absolute Gasteiger partial charge is 0.466 e. The highest BCUT2D eigenvalue weighted by molar-refractivity contribution is 5.70. The van der Waals surface area contributed by atoms with E-state index in [1.54, 1.807) is 20.8 Å². The van der Waals surface area contributed by atoms with Gasteiger partial charge in [-0.15, -0.1) is 0 Å². The second-order valence-electron chi connectivity index (χ2n) is 9.63. The fourth-order valence-electron chi connectivity index (χ4n) is 3.73. The molecule has 1 N–H and O–H groups in total. The average molecular weight is 545 g/mol. The molecule has 0 aromatic heterocycles. The number of hydrogen-bond acceptors (Lipinski definition) is 9. The number of carbonyl (C=O) groups excluding carboxylic acids is 4. The van der Waals surface area contributed by atoms with Gasteiger partial charge >= 0.3 is 23.9 Å². The lowest BCUT2D eigenvalue weighted by atomic mass is 10.1. The number of rotatable bonds is 25. The summed E-state index contributed by atoms with van der Waals surface area (Å²) in [6.45, 7) is 5.83. The lowest BCUT2D eigenvalue weighted by Crippen LogP contribution is -2.25. The smallest absolute Gasteiger partial charge is 0.305 e. The van der Waals surface area contributed by atoms with Crippen molar-refractivity contribution in [1.82, 2.24) is 0 Å². The first-order valence-corrected chi connectivity index (χ1v) is 14.7. The van der Waals surface area contributed by atoms with Crippen molar-refractivity contribution in [3.05, 3.63) is 0 Å². The van der Waals surface area contributed by atoms with Crippen molar-refractivity contribution in [2.75, 3.05) is 19.8 Å². The summed E-state index contributed by atoms with van der Waals surface area (Å²) in [6.07, 6.45) is 12.1. The van der Waals surface area contributed by atoms with Gasteiger partial charge in [-0.25, -0.2) is 0 Å². The van der Waals surface area contributed by atoms with E-state index in [1.165, 1.54) is 0 Å². The minimum atomic E-state index is -0.585. The normalized spacial score (nSPS) is 12.4. The van der Waals surface area contributed by atoms with Crippen molar-refractivity contribution < 1.29 is 43.2 Å². The quantitative estimate of drug-likeness (QED) is 0.0890. The molecule has 0 aliphatic rings. The zero-order valence-electron chi connectivity index (χ0n) is 24.0. The van der Waals surface area contributed by atoms with Crippen LogP contribution in [-0.2, 0) is 38.1 Å². The molecule has 0 fully saturated rings. The number of ether oxygens (including phenoxy) is 4. The first-order chi connectivity index (χ1) is 18.3. The molecule has 0 spiro atoms. The van der Waals surface area contributed by atoms with Crippen molar-refractivity contribution in [1.29, 1.82) is 0 Å². The third kappa shape index (κ3) is 23.0. The topological polar surface area (TPSA) is 125 Å². The standard InChI is InChI=1S/C29H52O9/c1-4-26(31)36-22-24(30)18-14-10-7-8-13-17-21-35-29(34)20-16-12-9-11-15-19-25(38-28(33)6-3)23-37-27(32)5-2/h24-25,30H,4-23H2,1-3H3. The fourth-order valence-corrected chi connectivity index (χ4v) is 3.73. The Morgan fingerprint density at radius 1 is 0.553 bits per heavy atom. The molecular formula is C29H52O9. The first-order valence-electron chi connectivity index (χ1n) is 14.7. The lowest BCUT2D eigenvalue weighted by molar-refractivity contribution is -0.159. The van der Waals surface area contributed by atoms with Gasteiger partial charge in [0, 0.05) is 25.7 Å². The van der Waals surface area contributed by atoms with Crippen molar-refractivity contribution in [3.63, 3.8) is 0 Å². The van der Waals surface area contributed by atoms with E-state index in [1.807, 2.05) is 0 Å². The molecule has 0 saturated heterocycles. The molecule has 2 atom stereocenters. The number of carbonyl (C=O) groups is 4. The van der Waals surface area contributed by atoms with Crippen LogP contribution in [0.3, 0.4) is 0 Å². The molecule has 222 valence electrons. The van der Waals surface area contributed by atoms with Gasteiger partial charge in [0.05, 0.1) is 12.7 Å². The number of unbranched alkanes of at least 4 members (excludes halogenated alkanes) is 9. The molecule has 0 radical (unpaired) electrons. The van der Waals surface area contributed by atoms with Crippen LogP contribution in [0.25, 0.3) is 0 Å². The van der Waals surface area contributed by atoms with Crippen LogP contribution in [0.1, 0.15) is 130 Å². The van der Waals surface area contributed by atoms with Crippen molar-refractivity contribution in [2.45, 2.75) is 142 Å². The molecular weight excluding hydrogens is 492 g/mol. The summed E-state index contributed by atoms with van der Waals surface area (Å²) in [5, 5.41) is 9.77. The predicted octanol–water partition coefficient (Wildman–Crippen LogP) is 5.58. The maximum atomic E-state index is 11.9. The Kier molecular flexibility index (Phi) is 23.7. The van der Waals surface area contributed by atoms with E-state index in [4.69, 9.17) is 18.9 Å². The van der Waals surface area contributed by atoms with Gasteiger partial charge in [0.15, 0.2) is 0 Å². The van der Waals surface area contributed by atoms with Gasteiger partial charge in [0.2, 0.25) is 0 Å². The maximum absolute atomic E-state index is 11.9. The van der Waals surface area contributed by atoms with Crippen LogP contribution < -0.4 is 0 Å². The molecule has 0 aliphatic heterocycles. The maximum Gasteiger partial charge on any atom is 0.305 e. The molecule has 0 amide bonds. The molecule has 2 unspecified atom stereocenters. The average Bonchev–Trinajstić information content (AvgIpc) is 2.92. The Morgan fingerprint density at radius 2 is 1.05 bits per heavy atom. The van der Waals surface area contributed by atoms with Crippen LogP contribution in [0.15, 0.2) is 0 Å². The minimum Gasteiger partial charge on any atom is -0.466 e. The van der Waals surface area contributed by atoms with E-state index in [0.29, 0.717) is 45.1 Å². The minimum absolute atomic E-state index is 0.0786. The van der Waals surface area contributed by atoms with E-state index in [-0.39, 0.29) is 37.1 Å². The molecule has 0 aromatic rings. The fraction of sp³-hybridized carbons (Fsp3) is 0.862. The van der Waals surface area contributed by atoms with Gasteiger partial charge in [-0.1, -0.05) is 72.1 Å². The number of aliphatic hydroxyl groups is 1. The van der Waals surface area contributed by atoms with E-state index < -0.39 is 12.2 Å². The second-order valence-corrected chi connectivity index (χ2v) is 9.63. The van der Waals surface area contributed by atoms with Gasteiger partial charge in [-0.05, 0) is 32.1 Å². The van der Waals surface area contributed by atoms with Crippen molar-refractivity contribution >= 4 is 23.9 Å². The predicted molar refractivity (Wildman–Crippen MR) is 144 cm³/mol. The van der Waals surface area contributed by atoms with Gasteiger partial charge in [-0.2, -0.15) is 0 Å². The molecule has 0 heterocycles. The molecule has 38 heavy (non-hydrogen) atoms. The van der Waals surface area contributed by atoms with E-state index >= 15 is 0 Å². The summed E-state index contributed by atoms with van der Waals surface area (Å²) < 4.78 is 20.7. The second kappa shape index (κ2) is 25.1. The zero-order valence-corrected chi connectivity index (χ0v) is 24.0. The summed E-state index contributed by atoms with van der Waals surface area (Å²) in [5.41, 5.74) is 0. The van der Waals surface area contributed by atoms with Crippen LogP contribution >= 0.6 is 0 Å². The monoisotopic (exact) mass is 544 g/mol. The first kappa shape index (κ1) is 35.8. The zero-order chi connectivity index (χ0) is 28.4.